The van der Waals surface area contributed by atoms with Gasteiger partial charge in [0.15, 0.2) is 0 Å². The van der Waals surface area contributed by atoms with Gasteiger partial charge in [0.05, 0.1) is 11.8 Å². The molecule has 0 N–H and O–H groups in total. The molecule has 3 aliphatic rings. The summed E-state index contributed by atoms with van der Waals surface area (Å²) in [6.07, 6.45) is 4.92. The third-order valence-electron chi connectivity index (χ3n) is 5.59. The van der Waals surface area contributed by atoms with Crippen LogP contribution in [-0.2, 0) is 20.9 Å². The fourth-order valence-electron chi connectivity index (χ4n) is 4.37. The van der Waals surface area contributed by atoms with Crippen LogP contribution < -0.4 is 0 Å². The normalized spacial score (nSPS) is 29.4. The molecule has 6 heteroatoms. The highest BCUT2D eigenvalue weighted by molar-refractivity contribution is 6.08. The van der Waals surface area contributed by atoms with Gasteiger partial charge in [-0.25, -0.2) is 4.39 Å². The summed E-state index contributed by atoms with van der Waals surface area (Å²) in [6, 6.07) is 6.02. The first-order chi connectivity index (χ1) is 12.0. The number of carbonyl (C=O) groups is 3. The molecule has 1 heterocycles. The monoisotopic (exact) mass is 342 g/mol. The summed E-state index contributed by atoms with van der Waals surface area (Å²) < 4.78 is 13.3. The van der Waals surface area contributed by atoms with Crippen molar-refractivity contribution >= 4 is 17.7 Å². The number of fused-ring (bicyclic) bond motifs is 5. The van der Waals surface area contributed by atoms with Crippen molar-refractivity contribution in [3.05, 3.63) is 47.8 Å². The van der Waals surface area contributed by atoms with Crippen LogP contribution in [0.4, 0.5) is 4.39 Å². The van der Waals surface area contributed by atoms with E-state index in [4.69, 9.17) is 0 Å². The molecule has 25 heavy (non-hydrogen) atoms. The van der Waals surface area contributed by atoms with Crippen molar-refractivity contribution in [3.63, 3.8) is 0 Å². The van der Waals surface area contributed by atoms with Gasteiger partial charge in [-0.1, -0.05) is 24.3 Å². The third kappa shape index (κ3) is 2.56. The summed E-state index contributed by atoms with van der Waals surface area (Å²) in [6.45, 7) is -0.0115. The Hall–Kier alpha value is -2.50. The van der Waals surface area contributed by atoms with Crippen molar-refractivity contribution in [2.75, 3.05) is 13.6 Å². The third-order valence-corrected chi connectivity index (χ3v) is 5.59. The molecule has 1 aromatic carbocycles. The van der Waals surface area contributed by atoms with Gasteiger partial charge in [-0.2, -0.15) is 0 Å². The zero-order valence-corrected chi connectivity index (χ0v) is 13.9. The van der Waals surface area contributed by atoms with E-state index in [1.54, 1.807) is 19.2 Å². The Morgan fingerprint density at radius 3 is 2.44 bits per heavy atom. The summed E-state index contributed by atoms with van der Waals surface area (Å²) >= 11 is 0. The molecule has 0 spiro atoms. The quantitative estimate of drug-likeness (QED) is 0.617. The minimum Gasteiger partial charge on any atom is -0.340 e. The van der Waals surface area contributed by atoms with Crippen LogP contribution in [0.15, 0.2) is 36.4 Å². The Kier molecular flexibility index (Phi) is 3.71. The number of allylic oxidation sites excluding steroid dienone is 2. The predicted octanol–water partition coefficient (Wildman–Crippen LogP) is 1.59. The lowest BCUT2D eigenvalue weighted by molar-refractivity contribution is -0.146. The lowest BCUT2D eigenvalue weighted by Crippen LogP contribution is -2.42. The molecule has 0 unspecified atom stereocenters. The summed E-state index contributed by atoms with van der Waals surface area (Å²) in [7, 11) is 1.59. The van der Waals surface area contributed by atoms with Crippen LogP contribution in [0.5, 0.6) is 0 Å². The maximum atomic E-state index is 13.3. The van der Waals surface area contributed by atoms with Crippen LogP contribution in [0.2, 0.25) is 0 Å². The highest BCUT2D eigenvalue weighted by atomic mass is 19.1. The molecule has 2 aliphatic carbocycles. The van der Waals surface area contributed by atoms with E-state index in [9.17, 15) is 18.8 Å². The van der Waals surface area contributed by atoms with E-state index in [0.717, 1.165) is 11.3 Å². The van der Waals surface area contributed by atoms with E-state index in [2.05, 4.69) is 0 Å². The second kappa shape index (κ2) is 5.79. The predicted molar refractivity (Wildman–Crippen MR) is 87.3 cm³/mol. The molecule has 1 saturated heterocycles. The molecule has 1 aliphatic heterocycles. The lowest BCUT2D eigenvalue weighted by Gasteiger charge is -2.22. The van der Waals surface area contributed by atoms with E-state index < -0.39 is 0 Å². The van der Waals surface area contributed by atoms with E-state index in [-0.39, 0.29) is 60.3 Å². The van der Waals surface area contributed by atoms with Gasteiger partial charge < -0.3 is 4.90 Å². The van der Waals surface area contributed by atoms with Gasteiger partial charge in [-0.3, -0.25) is 19.3 Å². The number of hydrogen-bond donors (Lipinski definition) is 0. The molecule has 1 aromatic rings. The maximum Gasteiger partial charge on any atom is 0.242 e. The number of rotatable bonds is 4. The van der Waals surface area contributed by atoms with Crippen LogP contribution in [-0.4, -0.2) is 41.1 Å². The molecule has 4 atom stereocenters. The van der Waals surface area contributed by atoms with Gasteiger partial charge in [0.2, 0.25) is 17.7 Å². The van der Waals surface area contributed by atoms with Crippen molar-refractivity contribution in [3.8, 4) is 0 Å². The number of hydrogen-bond acceptors (Lipinski definition) is 3. The van der Waals surface area contributed by atoms with Crippen LogP contribution >= 0.6 is 0 Å². The lowest BCUT2D eigenvalue weighted by atomic mass is 9.85. The molecule has 2 fully saturated rings. The molecular weight excluding hydrogens is 323 g/mol. The fourth-order valence-corrected chi connectivity index (χ4v) is 4.37. The minimum absolute atomic E-state index is 0.136. The SMILES string of the molecule is CN(Cc1cccc(F)c1)C(=O)CN1C(=O)[C@H]2[C@H](C1=O)[C@H]1C=C[C@H]2C1. The standard InChI is InChI=1S/C19H19FN2O3/c1-21(9-11-3-2-4-14(20)7-11)15(23)10-22-18(24)16-12-5-6-13(8-12)17(16)19(22)25/h2-7,12-13,16-17H,8-10H2,1H3/t12-,13-,16+,17+/m0/s1. The fraction of sp³-hybridized carbons (Fsp3) is 0.421. The molecule has 1 saturated carbocycles. The maximum absolute atomic E-state index is 13.3. The van der Waals surface area contributed by atoms with E-state index in [1.165, 1.54) is 17.0 Å². The molecule has 130 valence electrons. The van der Waals surface area contributed by atoms with Crippen molar-refractivity contribution in [2.45, 2.75) is 13.0 Å². The Labute approximate surface area is 145 Å². The number of likely N-dealkylation sites (N-methyl/N-ethyl adjacent to an activating group) is 1. The van der Waals surface area contributed by atoms with Crippen molar-refractivity contribution < 1.29 is 18.8 Å². The number of benzene rings is 1. The first kappa shape index (κ1) is 16.0. The molecule has 5 nitrogen and oxygen atoms in total. The number of nitrogens with zero attached hydrogens (tertiary/aromatic N) is 2. The van der Waals surface area contributed by atoms with Crippen LogP contribution in [0.1, 0.15) is 12.0 Å². The van der Waals surface area contributed by atoms with E-state index >= 15 is 0 Å². The summed E-state index contributed by atoms with van der Waals surface area (Å²) in [5.74, 6) is -1.44. The zero-order chi connectivity index (χ0) is 17.7. The topological polar surface area (TPSA) is 57.7 Å². The van der Waals surface area contributed by atoms with Gasteiger partial charge in [-0.05, 0) is 36.0 Å². The highest BCUT2D eigenvalue weighted by Crippen LogP contribution is 2.52. The molecular formula is C19H19FN2O3. The molecule has 4 rings (SSSR count). The highest BCUT2D eigenvalue weighted by Gasteiger charge is 2.59. The Morgan fingerprint density at radius 1 is 1.20 bits per heavy atom. The van der Waals surface area contributed by atoms with Crippen LogP contribution in [0.3, 0.4) is 0 Å². The van der Waals surface area contributed by atoms with Gasteiger partial charge in [0.1, 0.15) is 12.4 Å². The van der Waals surface area contributed by atoms with Gasteiger partial charge in [-0.15, -0.1) is 0 Å². The summed E-state index contributed by atoms with van der Waals surface area (Å²) in [4.78, 5) is 40.2. The Morgan fingerprint density at radius 2 is 1.84 bits per heavy atom. The van der Waals surface area contributed by atoms with E-state index in [1.807, 2.05) is 12.2 Å². The van der Waals surface area contributed by atoms with Crippen molar-refractivity contribution in [1.29, 1.82) is 0 Å². The molecule has 0 aromatic heterocycles. The summed E-state index contributed by atoms with van der Waals surface area (Å²) in [5.41, 5.74) is 0.661. The first-order valence-electron chi connectivity index (χ1n) is 8.47. The van der Waals surface area contributed by atoms with Crippen molar-refractivity contribution in [2.24, 2.45) is 23.7 Å². The van der Waals surface area contributed by atoms with Crippen LogP contribution in [0.25, 0.3) is 0 Å². The molecule has 2 bridgehead atoms. The molecule has 0 radical (unpaired) electrons. The average molecular weight is 342 g/mol. The van der Waals surface area contributed by atoms with Gasteiger partial charge in [0, 0.05) is 13.6 Å². The number of likely N-dealkylation sites (tertiary alicyclic amines) is 1. The summed E-state index contributed by atoms with van der Waals surface area (Å²) in [5, 5.41) is 0. The number of imide groups is 1. The minimum atomic E-state index is -0.362. The number of carbonyl (C=O) groups excluding carboxylic acids is 3. The van der Waals surface area contributed by atoms with Gasteiger partial charge in [0.25, 0.3) is 0 Å². The second-order valence-corrected chi connectivity index (χ2v) is 7.14. The Bertz CT molecular complexity index is 761. The smallest absolute Gasteiger partial charge is 0.242 e. The zero-order valence-electron chi connectivity index (χ0n) is 13.9. The largest absolute Gasteiger partial charge is 0.340 e. The van der Waals surface area contributed by atoms with Gasteiger partial charge >= 0.3 is 0 Å². The average Bonchev–Trinajstić information content (AvgIpc) is 3.24. The Balaban J connectivity index is 1.43. The molecule has 3 amide bonds. The second-order valence-electron chi connectivity index (χ2n) is 7.14. The van der Waals surface area contributed by atoms with Crippen LogP contribution in [0, 0.1) is 29.5 Å². The number of halogens is 1. The number of amides is 3. The van der Waals surface area contributed by atoms with Crippen molar-refractivity contribution in [1.82, 2.24) is 9.80 Å². The van der Waals surface area contributed by atoms with E-state index in [0.29, 0.717) is 5.56 Å². The first-order valence-corrected chi connectivity index (χ1v) is 8.47.